The number of furan rings is 1. The monoisotopic (exact) mass is 378 g/mol. The molecule has 0 aliphatic carbocycles. The molecule has 3 aliphatic rings. The van der Waals surface area contributed by atoms with E-state index >= 15 is 0 Å². The summed E-state index contributed by atoms with van der Waals surface area (Å²) in [5.74, 6) is 1.60. The van der Waals surface area contributed by atoms with Crippen LogP contribution >= 0.6 is 15.9 Å². The minimum atomic E-state index is -0.114. The van der Waals surface area contributed by atoms with Crippen molar-refractivity contribution in [2.24, 2.45) is 5.92 Å². The zero-order valence-electron chi connectivity index (χ0n) is 12.7. The fourth-order valence-corrected chi connectivity index (χ4v) is 3.87. The van der Waals surface area contributed by atoms with E-state index in [1.165, 1.54) is 25.9 Å². The smallest absolute Gasteiger partial charge is 0.287 e. The topological polar surface area (TPSA) is 63.3 Å². The molecule has 6 nitrogen and oxygen atoms in total. The van der Waals surface area contributed by atoms with Gasteiger partial charge in [-0.15, -0.1) is 0 Å². The normalized spacial score (nSPS) is 26.4. The van der Waals surface area contributed by atoms with Gasteiger partial charge in [0.1, 0.15) is 5.76 Å². The van der Waals surface area contributed by atoms with Gasteiger partial charge in [-0.25, -0.2) is 0 Å². The van der Waals surface area contributed by atoms with E-state index in [9.17, 15) is 4.79 Å². The van der Waals surface area contributed by atoms with E-state index in [1.807, 2.05) is 12.3 Å². The molecule has 5 heterocycles. The number of nitrogens with zero attached hydrogens (tertiary/aromatic N) is 3. The first kappa shape index (κ1) is 15.0. The Balaban J connectivity index is 1.39. The molecule has 0 saturated carbocycles. The van der Waals surface area contributed by atoms with Crippen molar-refractivity contribution in [1.29, 1.82) is 0 Å². The van der Waals surface area contributed by atoms with Crippen molar-refractivity contribution in [2.75, 3.05) is 19.6 Å². The molecular weight excluding hydrogens is 360 g/mol. The summed E-state index contributed by atoms with van der Waals surface area (Å²) < 4.78 is 8.36. The maximum absolute atomic E-state index is 12.4. The highest BCUT2D eigenvalue weighted by Gasteiger charge is 2.35. The number of amides is 1. The Morgan fingerprint density at radius 2 is 2.22 bits per heavy atom. The number of hydrogen-bond acceptors (Lipinski definition) is 4. The Morgan fingerprint density at radius 1 is 1.39 bits per heavy atom. The minimum absolute atomic E-state index is 0.114. The summed E-state index contributed by atoms with van der Waals surface area (Å²) in [6, 6.07) is 3.83. The Kier molecular flexibility index (Phi) is 3.98. The molecule has 1 unspecified atom stereocenters. The number of carbonyl (C=O) groups is 1. The summed E-state index contributed by atoms with van der Waals surface area (Å²) in [4.78, 5) is 14.8. The highest BCUT2D eigenvalue weighted by Crippen LogP contribution is 2.27. The van der Waals surface area contributed by atoms with Crippen LogP contribution in [0.1, 0.15) is 29.2 Å². The average molecular weight is 379 g/mol. The van der Waals surface area contributed by atoms with Crippen LogP contribution in [0.3, 0.4) is 0 Å². The first-order valence-corrected chi connectivity index (χ1v) is 8.76. The van der Waals surface area contributed by atoms with Gasteiger partial charge >= 0.3 is 0 Å². The molecule has 7 heteroatoms. The second-order valence-corrected chi connectivity index (χ2v) is 7.26. The van der Waals surface area contributed by atoms with Crippen LogP contribution in [-0.2, 0) is 6.54 Å². The van der Waals surface area contributed by atoms with E-state index in [-0.39, 0.29) is 11.9 Å². The number of carbonyl (C=O) groups excluding carboxylic acids is 1. The number of aromatic nitrogens is 2. The molecule has 2 aromatic rings. The second-order valence-electron chi connectivity index (χ2n) is 6.34. The molecule has 1 atom stereocenters. The second kappa shape index (κ2) is 6.13. The number of piperidine rings is 3. The molecule has 122 valence electrons. The Labute approximate surface area is 143 Å². The quantitative estimate of drug-likeness (QED) is 0.884. The van der Waals surface area contributed by atoms with E-state index in [4.69, 9.17) is 4.42 Å². The summed E-state index contributed by atoms with van der Waals surface area (Å²) in [6.45, 7) is 3.81. The van der Waals surface area contributed by atoms with Crippen LogP contribution < -0.4 is 5.32 Å². The average Bonchev–Trinajstić information content (AvgIpc) is 3.18. The predicted octanol–water partition coefficient (Wildman–Crippen LogP) is 2.11. The van der Waals surface area contributed by atoms with Gasteiger partial charge in [-0.2, -0.15) is 5.10 Å². The minimum Gasteiger partial charge on any atom is -0.454 e. The van der Waals surface area contributed by atoms with Gasteiger partial charge in [0.15, 0.2) is 5.76 Å². The van der Waals surface area contributed by atoms with Crippen molar-refractivity contribution in [1.82, 2.24) is 20.0 Å². The van der Waals surface area contributed by atoms with Gasteiger partial charge in [-0.05, 0) is 59.9 Å². The van der Waals surface area contributed by atoms with E-state index in [2.05, 4.69) is 31.2 Å². The largest absolute Gasteiger partial charge is 0.454 e. The maximum atomic E-state index is 12.4. The number of halogens is 1. The number of hydrogen-bond donors (Lipinski definition) is 1. The summed E-state index contributed by atoms with van der Waals surface area (Å²) in [6.07, 6.45) is 5.96. The van der Waals surface area contributed by atoms with E-state index in [0.29, 0.717) is 18.2 Å². The van der Waals surface area contributed by atoms with Gasteiger partial charge in [-0.3, -0.25) is 9.48 Å². The van der Waals surface area contributed by atoms with Gasteiger partial charge in [0, 0.05) is 18.8 Å². The maximum Gasteiger partial charge on any atom is 0.287 e. The van der Waals surface area contributed by atoms with Crippen molar-refractivity contribution < 1.29 is 9.21 Å². The summed E-state index contributed by atoms with van der Waals surface area (Å²) >= 11 is 3.36. The van der Waals surface area contributed by atoms with Gasteiger partial charge in [0.25, 0.3) is 5.91 Å². The predicted molar refractivity (Wildman–Crippen MR) is 88.2 cm³/mol. The van der Waals surface area contributed by atoms with E-state index in [0.717, 1.165) is 16.8 Å². The fraction of sp³-hybridized carbons (Fsp3) is 0.500. The highest BCUT2D eigenvalue weighted by atomic mass is 79.9. The van der Waals surface area contributed by atoms with Crippen LogP contribution in [0.2, 0.25) is 0 Å². The lowest BCUT2D eigenvalue weighted by atomic mass is 9.84. The third-order valence-corrected chi connectivity index (χ3v) is 5.19. The van der Waals surface area contributed by atoms with Crippen LogP contribution in [0, 0.1) is 5.92 Å². The van der Waals surface area contributed by atoms with Crippen molar-refractivity contribution in [3.63, 3.8) is 0 Å². The van der Waals surface area contributed by atoms with Gasteiger partial charge in [0.05, 0.1) is 17.2 Å². The molecule has 0 aromatic carbocycles. The number of rotatable bonds is 4. The Morgan fingerprint density at radius 3 is 2.87 bits per heavy atom. The first-order chi connectivity index (χ1) is 11.2. The van der Waals surface area contributed by atoms with Crippen LogP contribution in [0.4, 0.5) is 0 Å². The molecule has 1 amide bonds. The zero-order chi connectivity index (χ0) is 15.8. The lowest BCUT2D eigenvalue weighted by Crippen LogP contribution is -2.57. The van der Waals surface area contributed by atoms with Crippen LogP contribution in [-0.4, -0.2) is 46.3 Å². The van der Waals surface area contributed by atoms with E-state index < -0.39 is 0 Å². The zero-order valence-corrected chi connectivity index (χ0v) is 14.3. The van der Waals surface area contributed by atoms with Crippen LogP contribution in [0.25, 0.3) is 0 Å². The first-order valence-electron chi connectivity index (χ1n) is 7.97. The molecule has 3 fully saturated rings. The standard InChI is InChI=1S/C16H19BrN4O2/c17-12-7-18-21(8-12)9-13-1-2-15(23-13)16(22)19-14-10-20-5-3-11(14)4-6-20/h1-2,7-8,11,14H,3-6,9-10H2,(H,19,22). The molecule has 0 radical (unpaired) electrons. The van der Waals surface area contributed by atoms with Gasteiger partial charge < -0.3 is 14.6 Å². The highest BCUT2D eigenvalue weighted by molar-refractivity contribution is 9.10. The molecule has 0 spiro atoms. The molecule has 3 saturated heterocycles. The fourth-order valence-electron chi connectivity index (χ4n) is 3.54. The van der Waals surface area contributed by atoms with Crippen molar-refractivity contribution in [2.45, 2.75) is 25.4 Å². The summed E-state index contributed by atoms with van der Waals surface area (Å²) in [7, 11) is 0. The SMILES string of the molecule is O=C(NC1CN2CCC1CC2)c1ccc(Cn2cc(Br)cn2)o1. The van der Waals surface area contributed by atoms with E-state index in [1.54, 1.807) is 16.9 Å². The van der Waals surface area contributed by atoms with Crippen molar-refractivity contribution in [3.05, 3.63) is 40.5 Å². The number of nitrogens with one attached hydrogen (secondary N) is 1. The molecular formula is C16H19BrN4O2. The van der Waals surface area contributed by atoms with Gasteiger partial charge in [0.2, 0.25) is 0 Å². The van der Waals surface area contributed by atoms with Crippen LogP contribution in [0.15, 0.2) is 33.4 Å². The molecule has 5 rings (SSSR count). The third kappa shape index (κ3) is 3.21. The number of fused-ring (bicyclic) bond motifs is 3. The summed E-state index contributed by atoms with van der Waals surface area (Å²) in [5, 5.41) is 7.33. The third-order valence-electron chi connectivity index (χ3n) is 4.78. The van der Waals surface area contributed by atoms with Crippen molar-refractivity contribution >= 4 is 21.8 Å². The molecule has 2 bridgehead atoms. The molecule has 23 heavy (non-hydrogen) atoms. The van der Waals surface area contributed by atoms with Crippen molar-refractivity contribution in [3.8, 4) is 0 Å². The van der Waals surface area contributed by atoms with Crippen LogP contribution in [0.5, 0.6) is 0 Å². The lowest BCUT2D eigenvalue weighted by Gasteiger charge is -2.44. The Bertz CT molecular complexity index is 703. The lowest BCUT2D eigenvalue weighted by molar-refractivity contribution is 0.0605. The molecule has 2 aromatic heterocycles. The molecule has 1 N–H and O–H groups in total. The Hall–Kier alpha value is -1.60. The molecule has 3 aliphatic heterocycles. The summed E-state index contributed by atoms with van der Waals surface area (Å²) in [5.41, 5.74) is 0. The van der Waals surface area contributed by atoms with Gasteiger partial charge in [-0.1, -0.05) is 0 Å².